The fourth-order valence-electron chi connectivity index (χ4n) is 0.660. The van der Waals surface area contributed by atoms with Gasteiger partial charge in [0.15, 0.2) is 0 Å². The molecule has 1 heterocycles. The molecule has 0 aliphatic carbocycles. The minimum absolute atomic E-state index is 0.628. The lowest BCUT2D eigenvalue weighted by Crippen LogP contribution is -2.11. The van der Waals surface area contributed by atoms with Crippen molar-refractivity contribution in [1.29, 1.82) is 0 Å². The summed E-state index contributed by atoms with van der Waals surface area (Å²) >= 11 is 3.26. The third-order valence-corrected chi connectivity index (χ3v) is 1.63. The molecule has 0 atom stereocenters. The van der Waals surface area contributed by atoms with Gasteiger partial charge in [-0.1, -0.05) is 6.58 Å². The second-order valence-electron chi connectivity index (χ2n) is 2.45. The zero-order chi connectivity index (χ0) is 8.97. The Morgan fingerprint density at radius 1 is 1.58 bits per heavy atom. The molecule has 0 unspecified atom stereocenters. The summed E-state index contributed by atoms with van der Waals surface area (Å²) in [6, 6.07) is 0. The lowest BCUT2D eigenvalue weighted by Gasteiger charge is -2.02. The van der Waals surface area contributed by atoms with Crippen molar-refractivity contribution in [2.45, 2.75) is 13.5 Å². The topological polar surface area (TPSA) is 37.8 Å². The minimum atomic E-state index is 0.628. The number of nitrogens with zero attached hydrogens (tertiary/aromatic N) is 2. The van der Waals surface area contributed by atoms with Crippen molar-refractivity contribution in [2.75, 3.05) is 0 Å². The van der Waals surface area contributed by atoms with E-state index in [-0.39, 0.29) is 0 Å². The first-order valence-electron chi connectivity index (χ1n) is 3.54. The van der Waals surface area contributed by atoms with Crippen LogP contribution in [0.25, 0.3) is 0 Å². The van der Waals surface area contributed by atoms with E-state index in [9.17, 15) is 0 Å². The van der Waals surface area contributed by atoms with Crippen LogP contribution in [0.4, 0.5) is 0 Å². The molecule has 0 spiro atoms. The molecular formula is C8H10BrN3. The van der Waals surface area contributed by atoms with Crippen molar-refractivity contribution in [2.24, 2.45) is 0 Å². The van der Waals surface area contributed by atoms with E-state index < -0.39 is 0 Å². The highest BCUT2D eigenvalue weighted by Gasteiger charge is 1.94. The first-order valence-corrected chi connectivity index (χ1v) is 4.33. The monoisotopic (exact) mass is 227 g/mol. The number of halogens is 1. The fraction of sp³-hybridized carbons (Fsp3) is 0.250. The molecule has 4 heteroatoms. The van der Waals surface area contributed by atoms with Gasteiger partial charge in [0.1, 0.15) is 5.82 Å². The maximum absolute atomic E-state index is 4.09. The first-order chi connectivity index (χ1) is 5.68. The summed E-state index contributed by atoms with van der Waals surface area (Å²) in [5.41, 5.74) is 0.918. The first kappa shape index (κ1) is 9.19. The van der Waals surface area contributed by atoms with Gasteiger partial charge in [-0.3, -0.25) is 0 Å². The number of aromatic nitrogens is 2. The van der Waals surface area contributed by atoms with Crippen molar-refractivity contribution in [3.8, 4) is 0 Å². The Balaban J connectivity index is 2.53. The van der Waals surface area contributed by atoms with Crippen molar-refractivity contribution < 1.29 is 0 Å². The molecule has 0 aliphatic heterocycles. The van der Waals surface area contributed by atoms with Crippen molar-refractivity contribution >= 4 is 15.9 Å². The highest BCUT2D eigenvalue weighted by Crippen LogP contribution is 2.04. The van der Waals surface area contributed by atoms with E-state index in [0.29, 0.717) is 6.54 Å². The molecule has 0 saturated carbocycles. The van der Waals surface area contributed by atoms with Gasteiger partial charge in [0.05, 0.1) is 11.0 Å². The Labute approximate surface area is 80.1 Å². The van der Waals surface area contributed by atoms with Crippen LogP contribution in [0.2, 0.25) is 0 Å². The average molecular weight is 228 g/mol. The van der Waals surface area contributed by atoms with Gasteiger partial charge in [0, 0.05) is 18.1 Å². The summed E-state index contributed by atoms with van der Waals surface area (Å²) in [6.45, 7) is 6.24. The molecule has 0 saturated heterocycles. The molecule has 0 fully saturated rings. The number of allylic oxidation sites excluding steroid dienone is 1. The van der Waals surface area contributed by atoms with Crippen LogP contribution in [0.15, 0.2) is 29.1 Å². The quantitative estimate of drug-likeness (QED) is 0.857. The molecule has 12 heavy (non-hydrogen) atoms. The molecule has 0 bridgehead atoms. The summed E-state index contributed by atoms with van der Waals surface area (Å²) < 4.78 is 0.890. The maximum atomic E-state index is 4.09. The Kier molecular flexibility index (Phi) is 3.22. The standard InChI is InChI=1S/C8H10BrN3/c1-6(2)10-5-8-11-3-7(9)4-12-8/h3-4,10H,1,5H2,2H3. The van der Waals surface area contributed by atoms with E-state index >= 15 is 0 Å². The van der Waals surface area contributed by atoms with E-state index in [1.54, 1.807) is 12.4 Å². The van der Waals surface area contributed by atoms with E-state index in [1.165, 1.54) is 0 Å². The van der Waals surface area contributed by atoms with Crippen LogP contribution in [-0.4, -0.2) is 9.97 Å². The fourth-order valence-corrected chi connectivity index (χ4v) is 0.865. The zero-order valence-corrected chi connectivity index (χ0v) is 8.43. The Morgan fingerprint density at radius 3 is 2.67 bits per heavy atom. The molecule has 0 aromatic carbocycles. The second kappa shape index (κ2) is 4.21. The Hall–Kier alpha value is -0.900. The molecule has 1 aromatic heterocycles. The Morgan fingerprint density at radius 2 is 2.17 bits per heavy atom. The van der Waals surface area contributed by atoms with Crippen LogP contribution in [0.3, 0.4) is 0 Å². The molecule has 0 amide bonds. The molecule has 64 valence electrons. The van der Waals surface area contributed by atoms with Gasteiger partial charge in [0.2, 0.25) is 0 Å². The van der Waals surface area contributed by atoms with Gasteiger partial charge in [-0.15, -0.1) is 0 Å². The number of rotatable bonds is 3. The Bertz CT molecular complexity index is 268. The van der Waals surface area contributed by atoms with Gasteiger partial charge in [-0.2, -0.15) is 0 Å². The summed E-state index contributed by atoms with van der Waals surface area (Å²) in [5.74, 6) is 0.765. The molecule has 1 rings (SSSR count). The summed E-state index contributed by atoms with van der Waals surface area (Å²) in [5, 5.41) is 3.05. The van der Waals surface area contributed by atoms with Crippen molar-refractivity contribution in [3.05, 3.63) is 35.0 Å². The normalized spacial score (nSPS) is 9.50. The molecule has 0 aliphatic rings. The van der Waals surface area contributed by atoms with Crippen LogP contribution in [0, 0.1) is 0 Å². The number of hydrogen-bond donors (Lipinski definition) is 1. The molecule has 0 radical (unpaired) electrons. The van der Waals surface area contributed by atoms with E-state index in [4.69, 9.17) is 0 Å². The minimum Gasteiger partial charge on any atom is -0.382 e. The SMILES string of the molecule is C=C(C)NCc1ncc(Br)cn1. The zero-order valence-electron chi connectivity index (χ0n) is 6.84. The lowest BCUT2D eigenvalue weighted by molar-refractivity contribution is 0.757. The molecular weight excluding hydrogens is 218 g/mol. The van der Waals surface area contributed by atoms with Crippen molar-refractivity contribution in [1.82, 2.24) is 15.3 Å². The molecule has 3 nitrogen and oxygen atoms in total. The lowest BCUT2D eigenvalue weighted by atomic mass is 10.5. The predicted molar refractivity (Wildman–Crippen MR) is 51.4 cm³/mol. The van der Waals surface area contributed by atoms with Gasteiger partial charge in [-0.05, 0) is 22.9 Å². The van der Waals surface area contributed by atoms with Crippen LogP contribution in [-0.2, 0) is 6.54 Å². The molecule has 1 aromatic rings. The summed E-state index contributed by atoms with van der Waals surface area (Å²) in [7, 11) is 0. The second-order valence-corrected chi connectivity index (χ2v) is 3.37. The highest BCUT2D eigenvalue weighted by atomic mass is 79.9. The average Bonchev–Trinajstić information content (AvgIpc) is 2.03. The van der Waals surface area contributed by atoms with Crippen molar-refractivity contribution in [3.63, 3.8) is 0 Å². The number of hydrogen-bond acceptors (Lipinski definition) is 3. The largest absolute Gasteiger partial charge is 0.382 e. The number of nitrogens with one attached hydrogen (secondary N) is 1. The predicted octanol–water partition coefficient (Wildman–Crippen LogP) is 1.86. The van der Waals surface area contributed by atoms with Crippen LogP contribution in [0.1, 0.15) is 12.7 Å². The molecule has 1 N–H and O–H groups in total. The third-order valence-electron chi connectivity index (χ3n) is 1.22. The highest BCUT2D eigenvalue weighted by molar-refractivity contribution is 9.10. The summed E-state index contributed by atoms with van der Waals surface area (Å²) in [4.78, 5) is 8.18. The van der Waals surface area contributed by atoms with E-state index in [1.807, 2.05) is 6.92 Å². The van der Waals surface area contributed by atoms with E-state index in [2.05, 4.69) is 37.8 Å². The van der Waals surface area contributed by atoms with Crippen LogP contribution in [0.5, 0.6) is 0 Å². The maximum Gasteiger partial charge on any atom is 0.147 e. The smallest absolute Gasteiger partial charge is 0.147 e. The van der Waals surface area contributed by atoms with Gasteiger partial charge < -0.3 is 5.32 Å². The van der Waals surface area contributed by atoms with Gasteiger partial charge >= 0.3 is 0 Å². The van der Waals surface area contributed by atoms with E-state index in [0.717, 1.165) is 16.0 Å². The van der Waals surface area contributed by atoms with Crippen LogP contribution < -0.4 is 5.32 Å². The van der Waals surface area contributed by atoms with Gasteiger partial charge in [0.25, 0.3) is 0 Å². The third kappa shape index (κ3) is 3.00. The van der Waals surface area contributed by atoms with Gasteiger partial charge in [-0.25, -0.2) is 9.97 Å². The van der Waals surface area contributed by atoms with Crippen LogP contribution >= 0.6 is 15.9 Å². The summed E-state index contributed by atoms with van der Waals surface area (Å²) in [6.07, 6.45) is 3.45.